The second-order valence-corrected chi connectivity index (χ2v) is 5.21. The van der Waals surface area contributed by atoms with Gasteiger partial charge in [0.05, 0.1) is 18.7 Å². The topological polar surface area (TPSA) is 92.6 Å². The monoisotopic (exact) mass is 291 g/mol. The number of aromatic nitrogens is 4. The number of methoxy groups -OCH3 is 1. The van der Waals surface area contributed by atoms with Crippen LogP contribution in [-0.2, 0) is 16.1 Å². The number of carbonyl (C=O) groups is 1. The van der Waals surface area contributed by atoms with E-state index in [0.717, 1.165) is 19.4 Å². The van der Waals surface area contributed by atoms with Crippen molar-refractivity contribution in [3.05, 3.63) is 28.4 Å². The van der Waals surface area contributed by atoms with E-state index in [-0.39, 0.29) is 17.4 Å². The zero-order chi connectivity index (χ0) is 14.8. The number of piperidine rings is 1. The summed E-state index contributed by atoms with van der Waals surface area (Å²) in [6.07, 6.45) is 3.21. The Balaban J connectivity index is 1.75. The molecule has 1 aliphatic rings. The van der Waals surface area contributed by atoms with Crippen LogP contribution in [0.5, 0.6) is 0 Å². The Bertz CT molecular complexity index is 707. The second-order valence-electron chi connectivity index (χ2n) is 5.21. The summed E-state index contributed by atoms with van der Waals surface area (Å²) in [6, 6.07) is 1.49. The molecule has 0 saturated carbocycles. The van der Waals surface area contributed by atoms with E-state index in [1.165, 1.54) is 24.0 Å². The maximum atomic E-state index is 11.9. The first-order valence-corrected chi connectivity index (χ1v) is 6.89. The number of hydrogen-bond donors (Lipinski definition) is 1. The Morgan fingerprint density at radius 2 is 2.43 bits per heavy atom. The highest BCUT2D eigenvalue weighted by Gasteiger charge is 2.26. The van der Waals surface area contributed by atoms with Crippen molar-refractivity contribution in [2.45, 2.75) is 19.4 Å². The van der Waals surface area contributed by atoms with Crippen LogP contribution in [0, 0.1) is 5.92 Å². The number of fused-ring (bicyclic) bond motifs is 1. The number of likely N-dealkylation sites (tertiary alicyclic amines) is 1. The highest BCUT2D eigenvalue weighted by Crippen LogP contribution is 2.19. The van der Waals surface area contributed by atoms with Crippen LogP contribution < -0.4 is 5.56 Å². The molecule has 0 aromatic carbocycles. The lowest BCUT2D eigenvalue weighted by Crippen LogP contribution is -2.39. The Kier molecular flexibility index (Phi) is 3.70. The maximum Gasteiger partial charge on any atom is 0.309 e. The van der Waals surface area contributed by atoms with Crippen LogP contribution in [0.25, 0.3) is 5.78 Å². The zero-order valence-electron chi connectivity index (χ0n) is 11.8. The van der Waals surface area contributed by atoms with Crippen LogP contribution in [0.1, 0.15) is 18.5 Å². The van der Waals surface area contributed by atoms with Crippen LogP contribution in [-0.4, -0.2) is 50.7 Å². The van der Waals surface area contributed by atoms with Crippen LogP contribution in [0.2, 0.25) is 0 Å². The third-order valence-corrected chi connectivity index (χ3v) is 3.75. The molecule has 2 aromatic rings. The number of nitrogens with zero attached hydrogens (tertiary/aromatic N) is 4. The summed E-state index contributed by atoms with van der Waals surface area (Å²) in [5.74, 6) is 0.0912. The largest absolute Gasteiger partial charge is 0.469 e. The van der Waals surface area contributed by atoms with Gasteiger partial charge in [-0.2, -0.15) is 4.52 Å². The van der Waals surface area contributed by atoms with Gasteiger partial charge in [-0.1, -0.05) is 0 Å². The Morgan fingerprint density at radius 1 is 1.57 bits per heavy atom. The van der Waals surface area contributed by atoms with Gasteiger partial charge in [-0.25, -0.2) is 9.97 Å². The summed E-state index contributed by atoms with van der Waals surface area (Å²) in [7, 11) is 1.41. The molecule has 1 aliphatic heterocycles. The minimum atomic E-state index is -0.186. The van der Waals surface area contributed by atoms with Crippen molar-refractivity contribution in [3.8, 4) is 0 Å². The Labute approximate surface area is 120 Å². The van der Waals surface area contributed by atoms with Crippen molar-refractivity contribution in [3.63, 3.8) is 0 Å². The number of rotatable bonds is 3. The number of aromatic amines is 1. The average molecular weight is 291 g/mol. The van der Waals surface area contributed by atoms with Crippen LogP contribution >= 0.6 is 0 Å². The first-order valence-electron chi connectivity index (χ1n) is 6.89. The number of hydrogen-bond acceptors (Lipinski definition) is 6. The summed E-state index contributed by atoms with van der Waals surface area (Å²) in [6.45, 7) is 2.05. The summed E-state index contributed by atoms with van der Waals surface area (Å²) in [5.41, 5.74) is 0.478. The fourth-order valence-electron chi connectivity index (χ4n) is 2.74. The van der Waals surface area contributed by atoms with Gasteiger partial charge in [-0.05, 0) is 19.4 Å². The van der Waals surface area contributed by atoms with Crippen molar-refractivity contribution < 1.29 is 9.53 Å². The van der Waals surface area contributed by atoms with Crippen molar-refractivity contribution in [1.29, 1.82) is 0 Å². The molecule has 8 nitrogen and oxygen atoms in total. The summed E-state index contributed by atoms with van der Waals surface area (Å²) in [5, 5.41) is 2.70. The summed E-state index contributed by atoms with van der Waals surface area (Å²) in [4.78, 5) is 34.0. The molecule has 2 aromatic heterocycles. The molecular formula is C13H17N5O3. The molecular weight excluding hydrogens is 274 g/mol. The van der Waals surface area contributed by atoms with Gasteiger partial charge in [-0.3, -0.25) is 19.6 Å². The first kappa shape index (κ1) is 13.7. The predicted molar refractivity (Wildman–Crippen MR) is 73.6 cm³/mol. The molecule has 3 heterocycles. The van der Waals surface area contributed by atoms with Gasteiger partial charge in [-0.15, -0.1) is 0 Å². The van der Waals surface area contributed by atoms with Gasteiger partial charge >= 0.3 is 5.97 Å². The van der Waals surface area contributed by atoms with E-state index < -0.39 is 0 Å². The number of esters is 1. The predicted octanol–water partition coefficient (Wildman–Crippen LogP) is -0.197. The molecule has 0 radical (unpaired) electrons. The fraction of sp³-hybridized carbons (Fsp3) is 0.538. The van der Waals surface area contributed by atoms with E-state index >= 15 is 0 Å². The number of carbonyl (C=O) groups excluding carboxylic acids is 1. The van der Waals surface area contributed by atoms with E-state index in [2.05, 4.69) is 20.0 Å². The molecule has 1 N–H and O–H groups in total. The lowest BCUT2D eigenvalue weighted by molar-refractivity contribution is -0.147. The summed E-state index contributed by atoms with van der Waals surface area (Å²) >= 11 is 0. The molecule has 112 valence electrons. The van der Waals surface area contributed by atoms with E-state index in [9.17, 15) is 9.59 Å². The second kappa shape index (κ2) is 5.65. The van der Waals surface area contributed by atoms with Crippen molar-refractivity contribution in [1.82, 2.24) is 24.5 Å². The van der Waals surface area contributed by atoms with Crippen LogP contribution in [0.3, 0.4) is 0 Å². The molecule has 3 rings (SSSR count). The Morgan fingerprint density at radius 3 is 3.24 bits per heavy atom. The molecule has 1 fully saturated rings. The lowest BCUT2D eigenvalue weighted by atomic mass is 9.98. The lowest BCUT2D eigenvalue weighted by Gasteiger charge is -2.30. The Hall–Kier alpha value is -2.22. The van der Waals surface area contributed by atoms with E-state index in [1.54, 1.807) is 0 Å². The fourth-order valence-corrected chi connectivity index (χ4v) is 2.74. The number of nitrogens with one attached hydrogen (secondary N) is 1. The van der Waals surface area contributed by atoms with Crippen LogP contribution in [0.4, 0.5) is 0 Å². The minimum absolute atomic E-state index is 0.0982. The van der Waals surface area contributed by atoms with Gasteiger partial charge < -0.3 is 4.74 Å². The van der Waals surface area contributed by atoms with Crippen molar-refractivity contribution in [2.24, 2.45) is 5.92 Å². The first-order chi connectivity index (χ1) is 10.2. The number of ether oxygens (including phenoxy) is 1. The van der Waals surface area contributed by atoms with E-state index in [0.29, 0.717) is 24.6 Å². The molecule has 1 unspecified atom stereocenters. The quantitative estimate of drug-likeness (QED) is 0.787. The molecule has 0 bridgehead atoms. The minimum Gasteiger partial charge on any atom is -0.469 e. The third kappa shape index (κ3) is 2.80. The van der Waals surface area contributed by atoms with Gasteiger partial charge in [0, 0.05) is 19.2 Å². The average Bonchev–Trinajstić information content (AvgIpc) is 2.95. The number of H-pyrrole nitrogens is 1. The zero-order valence-corrected chi connectivity index (χ0v) is 11.8. The third-order valence-electron chi connectivity index (χ3n) is 3.75. The highest BCUT2D eigenvalue weighted by atomic mass is 16.5. The molecule has 8 heteroatoms. The summed E-state index contributed by atoms with van der Waals surface area (Å²) < 4.78 is 6.09. The highest BCUT2D eigenvalue weighted by molar-refractivity contribution is 5.72. The van der Waals surface area contributed by atoms with Gasteiger partial charge in [0.1, 0.15) is 6.33 Å². The van der Waals surface area contributed by atoms with Crippen LogP contribution in [0.15, 0.2) is 17.2 Å². The molecule has 0 aliphatic carbocycles. The van der Waals surface area contributed by atoms with E-state index in [1.807, 2.05) is 0 Å². The maximum absolute atomic E-state index is 11.9. The van der Waals surface area contributed by atoms with E-state index in [4.69, 9.17) is 4.74 Å². The molecule has 21 heavy (non-hydrogen) atoms. The van der Waals surface area contributed by atoms with Crippen molar-refractivity contribution in [2.75, 3.05) is 20.2 Å². The molecule has 0 spiro atoms. The smallest absolute Gasteiger partial charge is 0.309 e. The normalized spacial score (nSPS) is 19.8. The SMILES string of the molecule is COC(=O)C1CCCN(Cc2cc(=O)n3[nH]cnc3n2)C1. The molecule has 0 amide bonds. The molecule has 1 atom stereocenters. The van der Waals surface area contributed by atoms with Gasteiger partial charge in [0.15, 0.2) is 0 Å². The van der Waals surface area contributed by atoms with Crippen molar-refractivity contribution >= 4 is 11.7 Å². The molecule has 1 saturated heterocycles. The standard InChI is InChI=1S/C13H17N5O3/c1-21-12(20)9-3-2-4-17(6-9)7-10-5-11(19)18-13(16-10)14-8-15-18/h5,8-9H,2-4,6-7H2,1H3,(H,14,15,16). The van der Waals surface area contributed by atoms with Gasteiger partial charge in [0.2, 0.25) is 0 Å². The van der Waals surface area contributed by atoms with Gasteiger partial charge in [0.25, 0.3) is 11.3 Å².